The van der Waals surface area contributed by atoms with Crippen molar-refractivity contribution in [1.29, 1.82) is 0 Å². The van der Waals surface area contributed by atoms with Gasteiger partial charge >= 0.3 is 0 Å². The highest BCUT2D eigenvalue weighted by atomic mass is 16.3. The van der Waals surface area contributed by atoms with Crippen molar-refractivity contribution >= 4 is 17.6 Å². The van der Waals surface area contributed by atoms with Crippen LogP contribution in [0.15, 0.2) is 48.7 Å². The summed E-state index contributed by atoms with van der Waals surface area (Å²) < 4.78 is 0. The molecule has 26 heavy (non-hydrogen) atoms. The van der Waals surface area contributed by atoms with E-state index in [-0.39, 0.29) is 12.5 Å². The van der Waals surface area contributed by atoms with Crippen molar-refractivity contribution in [3.05, 3.63) is 59.8 Å². The van der Waals surface area contributed by atoms with E-state index in [1.807, 2.05) is 48.3 Å². The number of benzene rings is 1. The molecule has 0 spiro atoms. The van der Waals surface area contributed by atoms with Gasteiger partial charge in [0.15, 0.2) is 0 Å². The van der Waals surface area contributed by atoms with Crippen LogP contribution in [0.5, 0.6) is 0 Å². The van der Waals surface area contributed by atoms with Crippen LogP contribution in [0.4, 0.5) is 5.82 Å². The molecule has 0 saturated carbocycles. The molecule has 7 heteroatoms. The third kappa shape index (κ3) is 5.56. The van der Waals surface area contributed by atoms with Crippen LogP contribution in [0.1, 0.15) is 18.1 Å². The Morgan fingerprint density at radius 3 is 2.58 bits per heavy atom. The average molecular weight is 356 g/mol. The van der Waals surface area contributed by atoms with Gasteiger partial charge in [-0.3, -0.25) is 9.59 Å². The molecule has 3 N–H and O–H groups in total. The zero-order valence-corrected chi connectivity index (χ0v) is 15.0. The molecule has 1 atom stereocenters. The maximum Gasteiger partial charge on any atom is 0.245 e. The number of anilines is 1. The van der Waals surface area contributed by atoms with E-state index < -0.39 is 18.6 Å². The van der Waals surface area contributed by atoms with Crippen LogP contribution >= 0.6 is 0 Å². The number of aliphatic hydroxyl groups is 1. The maximum atomic E-state index is 12.1. The second-order valence-electron chi connectivity index (χ2n) is 5.98. The summed E-state index contributed by atoms with van der Waals surface area (Å²) in [5.74, 6) is -0.0520. The fourth-order valence-corrected chi connectivity index (χ4v) is 2.59. The Bertz CT molecular complexity index is 737. The van der Waals surface area contributed by atoms with Crippen molar-refractivity contribution in [1.82, 2.24) is 15.6 Å². The Morgan fingerprint density at radius 1 is 1.19 bits per heavy atom. The first-order chi connectivity index (χ1) is 12.5. The summed E-state index contributed by atoms with van der Waals surface area (Å²) in [5.41, 5.74) is 2.00. The molecule has 0 aliphatic rings. The number of nitrogens with one attached hydrogen (secondary N) is 2. The zero-order valence-electron chi connectivity index (χ0n) is 15.0. The highest BCUT2D eigenvalue weighted by Crippen LogP contribution is 2.18. The lowest BCUT2D eigenvalue weighted by atomic mass is 10.2. The molecule has 0 aliphatic carbocycles. The van der Waals surface area contributed by atoms with Crippen molar-refractivity contribution < 1.29 is 14.7 Å². The molecular formula is C19H24N4O3. The highest BCUT2D eigenvalue weighted by Gasteiger charge is 2.18. The van der Waals surface area contributed by atoms with Crippen LogP contribution < -0.4 is 15.5 Å². The van der Waals surface area contributed by atoms with E-state index in [0.29, 0.717) is 6.54 Å². The third-order valence-corrected chi connectivity index (χ3v) is 3.82. The summed E-state index contributed by atoms with van der Waals surface area (Å²) in [4.78, 5) is 29.7. The molecule has 0 bridgehead atoms. The molecule has 1 aromatic carbocycles. The van der Waals surface area contributed by atoms with Gasteiger partial charge in [-0.1, -0.05) is 36.4 Å². The first-order valence-corrected chi connectivity index (χ1v) is 8.36. The summed E-state index contributed by atoms with van der Waals surface area (Å²) in [6, 6.07) is 12.8. The lowest BCUT2D eigenvalue weighted by Gasteiger charge is -2.22. The van der Waals surface area contributed by atoms with Crippen LogP contribution in [-0.2, 0) is 22.7 Å². The lowest BCUT2D eigenvalue weighted by Crippen LogP contribution is -2.48. The molecule has 2 rings (SSSR count). The van der Waals surface area contributed by atoms with Gasteiger partial charge in [-0.05, 0) is 11.6 Å². The van der Waals surface area contributed by atoms with E-state index in [4.69, 9.17) is 0 Å². The summed E-state index contributed by atoms with van der Waals surface area (Å²) in [7, 11) is 1.94. The number of carbonyl (C=O) groups is 2. The van der Waals surface area contributed by atoms with Gasteiger partial charge < -0.3 is 20.6 Å². The number of amides is 2. The second kappa shape index (κ2) is 9.53. The molecule has 0 radical (unpaired) electrons. The minimum Gasteiger partial charge on any atom is -0.394 e. The van der Waals surface area contributed by atoms with E-state index in [0.717, 1.165) is 16.9 Å². The summed E-state index contributed by atoms with van der Waals surface area (Å²) in [5, 5.41) is 14.4. The van der Waals surface area contributed by atoms with E-state index in [1.165, 1.54) is 6.92 Å². The Morgan fingerprint density at radius 2 is 1.92 bits per heavy atom. The molecule has 0 aliphatic heterocycles. The molecule has 1 unspecified atom stereocenters. The topological polar surface area (TPSA) is 94.6 Å². The van der Waals surface area contributed by atoms with Crippen LogP contribution in [0, 0.1) is 0 Å². The number of aromatic nitrogens is 1. The quantitative estimate of drug-likeness (QED) is 0.651. The van der Waals surface area contributed by atoms with Gasteiger partial charge in [0.2, 0.25) is 11.8 Å². The molecule has 0 fully saturated rings. The largest absolute Gasteiger partial charge is 0.394 e. The number of aliphatic hydroxyl groups excluding tert-OH is 1. The first-order valence-electron chi connectivity index (χ1n) is 8.36. The van der Waals surface area contributed by atoms with E-state index in [2.05, 4.69) is 15.6 Å². The van der Waals surface area contributed by atoms with E-state index >= 15 is 0 Å². The van der Waals surface area contributed by atoms with Gasteiger partial charge in [0.1, 0.15) is 11.9 Å². The molecule has 138 valence electrons. The second-order valence-corrected chi connectivity index (χ2v) is 5.98. The van der Waals surface area contributed by atoms with E-state index in [1.54, 1.807) is 12.3 Å². The van der Waals surface area contributed by atoms with Crippen molar-refractivity contribution in [3.8, 4) is 0 Å². The third-order valence-electron chi connectivity index (χ3n) is 3.82. The fourth-order valence-electron chi connectivity index (χ4n) is 2.59. The van der Waals surface area contributed by atoms with Gasteiger partial charge in [-0.25, -0.2) is 4.98 Å². The normalized spacial score (nSPS) is 11.5. The number of hydrogen-bond acceptors (Lipinski definition) is 5. The molecule has 0 saturated heterocycles. The molecule has 2 aromatic rings. The van der Waals surface area contributed by atoms with Gasteiger partial charge in [0.05, 0.1) is 6.61 Å². The minimum atomic E-state index is -0.963. The molecule has 1 heterocycles. The van der Waals surface area contributed by atoms with Crippen molar-refractivity contribution in [2.24, 2.45) is 0 Å². The Labute approximate surface area is 153 Å². The monoisotopic (exact) mass is 356 g/mol. The van der Waals surface area contributed by atoms with Gasteiger partial charge in [0, 0.05) is 38.8 Å². The molecule has 2 amide bonds. The predicted octanol–water partition coefficient (Wildman–Crippen LogP) is 0.831. The summed E-state index contributed by atoms with van der Waals surface area (Å²) in [6.07, 6.45) is 1.70. The Kier molecular flexibility index (Phi) is 7.11. The van der Waals surface area contributed by atoms with Crippen LogP contribution in [0.25, 0.3) is 0 Å². The average Bonchev–Trinajstić information content (AvgIpc) is 2.65. The van der Waals surface area contributed by atoms with Crippen molar-refractivity contribution in [2.45, 2.75) is 26.1 Å². The van der Waals surface area contributed by atoms with Crippen molar-refractivity contribution in [3.63, 3.8) is 0 Å². The maximum absolute atomic E-state index is 12.1. The summed E-state index contributed by atoms with van der Waals surface area (Å²) in [6.45, 7) is 1.77. The standard InChI is InChI=1S/C19H24N4O3/c1-14(25)22-17(13-24)19(26)21-11-16-9-6-10-20-18(16)23(2)12-15-7-4-3-5-8-15/h3-10,17,24H,11-13H2,1-2H3,(H,21,26)(H,22,25). The number of nitrogens with zero attached hydrogens (tertiary/aromatic N) is 2. The first kappa shape index (κ1) is 19.4. The smallest absolute Gasteiger partial charge is 0.245 e. The predicted molar refractivity (Wildman–Crippen MR) is 99.3 cm³/mol. The Balaban J connectivity index is 2.04. The van der Waals surface area contributed by atoms with Gasteiger partial charge in [-0.15, -0.1) is 0 Å². The van der Waals surface area contributed by atoms with Crippen molar-refractivity contribution in [2.75, 3.05) is 18.6 Å². The van der Waals surface area contributed by atoms with Crippen LogP contribution in [0.2, 0.25) is 0 Å². The van der Waals surface area contributed by atoms with E-state index in [9.17, 15) is 14.7 Å². The van der Waals surface area contributed by atoms with Crippen LogP contribution in [0.3, 0.4) is 0 Å². The number of hydrogen-bond donors (Lipinski definition) is 3. The molecule has 1 aromatic heterocycles. The van der Waals surface area contributed by atoms with Gasteiger partial charge in [0.25, 0.3) is 0 Å². The lowest BCUT2D eigenvalue weighted by molar-refractivity contribution is -0.129. The Hall–Kier alpha value is -2.93. The number of pyridine rings is 1. The minimum absolute atomic E-state index is 0.247. The SMILES string of the molecule is CC(=O)NC(CO)C(=O)NCc1cccnc1N(C)Cc1ccccc1. The zero-order chi connectivity index (χ0) is 18.9. The molecule has 7 nitrogen and oxygen atoms in total. The van der Waals surface area contributed by atoms with Crippen LogP contribution in [-0.4, -0.2) is 41.6 Å². The van der Waals surface area contributed by atoms with Gasteiger partial charge in [-0.2, -0.15) is 0 Å². The molecular weight excluding hydrogens is 332 g/mol. The number of rotatable bonds is 8. The fraction of sp³-hybridized carbons (Fsp3) is 0.316. The highest BCUT2D eigenvalue weighted by molar-refractivity contribution is 5.86. The summed E-state index contributed by atoms with van der Waals surface area (Å²) >= 11 is 0. The number of carbonyl (C=O) groups excluding carboxylic acids is 2.